The van der Waals surface area contributed by atoms with Gasteiger partial charge in [-0.25, -0.2) is 0 Å². The van der Waals surface area contributed by atoms with E-state index in [1.165, 1.54) is 5.56 Å². The lowest BCUT2D eigenvalue weighted by Gasteiger charge is -2.32. The van der Waals surface area contributed by atoms with Crippen LogP contribution in [0.5, 0.6) is 0 Å². The molecule has 2 aliphatic heterocycles. The Labute approximate surface area is 115 Å². The van der Waals surface area contributed by atoms with Crippen LogP contribution in [0, 0.1) is 0 Å². The van der Waals surface area contributed by atoms with Gasteiger partial charge in [0.05, 0.1) is 24.4 Å². The number of hydrogen-bond acceptors (Lipinski definition) is 3. The normalized spacial score (nSPS) is 25.4. The second-order valence-corrected chi connectivity index (χ2v) is 6.49. The van der Waals surface area contributed by atoms with Gasteiger partial charge in [0.2, 0.25) is 0 Å². The van der Waals surface area contributed by atoms with Crippen molar-refractivity contribution in [1.29, 1.82) is 0 Å². The van der Waals surface area contributed by atoms with E-state index in [0.29, 0.717) is 5.92 Å². The number of hydrogen-bond donors (Lipinski definition) is 0. The Balaban J connectivity index is 1.83. The molecule has 0 aliphatic carbocycles. The summed E-state index contributed by atoms with van der Waals surface area (Å²) in [4.78, 5) is 0. The van der Waals surface area contributed by atoms with Gasteiger partial charge in [0.15, 0.2) is 0 Å². The van der Waals surface area contributed by atoms with Crippen LogP contribution in [0.1, 0.15) is 39.2 Å². The molecular weight excluding hydrogens is 239 g/mol. The third-order valence-corrected chi connectivity index (χ3v) is 4.55. The van der Waals surface area contributed by atoms with Gasteiger partial charge in [0.1, 0.15) is 0 Å². The molecule has 1 aromatic carbocycles. The molecular formula is C15H21BO3. The van der Waals surface area contributed by atoms with Crippen LogP contribution in [-0.4, -0.2) is 31.5 Å². The van der Waals surface area contributed by atoms with Crippen LogP contribution in [0.4, 0.5) is 0 Å². The predicted molar refractivity (Wildman–Crippen MR) is 75.7 cm³/mol. The standard InChI is InChI=1S/C15H21BO3/c1-14(2)15(3,4)19-16(18-14)13-7-5-6-11(8-13)12-9-17-10-12/h5-8,12H,9-10H2,1-4H3. The van der Waals surface area contributed by atoms with Crippen molar-refractivity contribution in [2.75, 3.05) is 13.2 Å². The van der Waals surface area contributed by atoms with E-state index in [1.54, 1.807) is 0 Å². The molecule has 2 fully saturated rings. The highest BCUT2D eigenvalue weighted by molar-refractivity contribution is 6.62. The first kappa shape index (κ1) is 13.2. The zero-order chi connectivity index (χ0) is 13.7. The summed E-state index contributed by atoms with van der Waals surface area (Å²) < 4.78 is 17.4. The molecule has 0 aromatic heterocycles. The minimum Gasteiger partial charge on any atom is -0.399 e. The molecule has 3 rings (SSSR count). The molecule has 4 heteroatoms. The molecule has 0 radical (unpaired) electrons. The van der Waals surface area contributed by atoms with Gasteiger partial charge in [-0.05, 0) is 38.7 Å². The highest BCUT2D eigenvalue weighted by atomic mass is 16.7. The van der Waals surface area contributed by atoms with Crippen LogP contribution in [0.3, 0.4) is 0 Å². The Morgan fingerprint density at radius 1 is 1.05 bits per heavy atom. The molecule has 102 valence electrons. The van der Waals surface area contributed by atoms with E-state index in [-0.39, 0.29) is 18.3 Å². The van der Waals surface area contributed by atoms with Gasteiger partial charge in [0, 0.05) is 5.92 Å². The first-order valence-electron chi connectivity index (χ1n) is 6.92. The van der Waals surface area contributed by atoms with Crippen molar-refractivity contribution in [2.24, 2.45) is 0 Å². The summed E-state index contributed by atoms with van der Waals surface area (Å²) in [5.74, 6) is 0.530. The minimum absolute atomic E-state index is 0.272. The van der Waals surface area contributed by atoms with E-state index in [1.807, 2.05) is 0 Å². The molecule has 0 amide bonds. The molecule has 0 bridgehead atoms. The Hall–Kier alpha value is -0.835. The topological polar surface area (TPSA) is 27.7 Å². The third kappa shape index (κ3) is 2.22. The average Bonchev–Trinajstić information content (AvgIpc) is 2.46. The molecule has 0 N–H and O–H groups in total. The number of rotatable bonds is 2. The van der Waals surface area contributed by atoms with Crippen LogP contribution in [0.2, 0.25) is 0 Å². The maximum atomic E-state index is 6.08. The summed E-state index contributed by atoms with van der Waals surface area (Å²) in [6.07, 6.45) is 0. The zero-order valence-electron chi connectivity index (χ0n) is 12.1. The molecule has 2 aliphatic rings. The highest BCUT2D eigenvalue weighted by Gasteiger charge is 2.51. The Kier molecular flexibility index (Phi) is 3.00. The molecule has 0 spiro atoms. The van der Waals surface area contributed by atoms with Crippen molar-refractivity contribution in [3.63, 3.8) is 0 Å². The van der Waals surface area contributed by atoms with Gasteiger partial charge in [-0.2, -0.15) is 0 Å². The molecule has 3 nitrogen and oxygen atoms in total. The Bertz CT molecular complexity index is 464. The lowest BCUT2D eigenvalue weighted by atomic mass is 9.77. The van der Waals surface area contributed by atoms with Gasteiger partial charge >= 0.3 is 7.12 Å². The van der Waals surface area contributed by atoms with E-state index >= 15 is 0 Å². The van der Waals surface area contributed by atoms with Gasteiger partial charge in [-0.3, -0.25) is 0 Å². The van der Waals surface area contributed by atoms with E-state index < -0.39 is 0 Å². The monoisotopic (exact) mass is 260 g/mol. The van der Waals surface area contributed by atoms with Gasteiger partial charge in [-0.1, -0.05) is 24.3 Å². The number of ether oxygens (including phenoxy) is 1. The summed E-state index contributed by atoms with van der Waals surface area (Å²) in [5, 5.41) is 0. The maximum Gasteiger partial charge on any atom is 0.494 e. The second kappa shape index (κ2) is 4.34. The van der Waals surface area contributed by atoms with Crippen LogP contribution in [-0.2, 0) is 14.0 Å². The van der Waals surface area contributed by atoms with Crippen molar-refractivity contribution in [3.8, 4) is 0 Å². The molecule has 2 saturated heterocycles. The lowest BCUT2D eigenvalue weighted by Crippen LogP contribution is -2.41. The van der Waals surface area contributed by atoms with Crippen LogP contribution < -0.4 is 5.46 Å². The Morgan fingerprint density at radius 3 is 2.21 bits per heavy atom. The largest absolute Gasteiger partial charge is 0.494 e. The summed E-state index contributed by atoms with van der Waals surface area (Å²) >= 11 is 0. The summed E-state index contributed by atoms with van der Waals surface area (Å²) in [6, 6.07) is 8.50. The second-order valence-electron chi connectivity index (χ2n) is 6.49. The predicted octanol–water partition coefficient (Wildman–Crippen LogP) is 2.10. The molecule has 0 saturated carbocycles. The van der Waals surface area contributed by atoms with Crippen molar-refractivity contribution in [2.45, 2.75) is 44.8 Å². The van der Waals surface area contributed by atoms with E-state index in [9.17, 15) is 0 Å². The van der Waals surface area contributed by atoms with Crippen LogP contribution in [0.25, 0.3) is 0 Å². The summed E-state index contributed by atoms with van der Waals surface area (Å²) in [6.45, 7) is 9.97. The first-order chi connectivity index (χ1) is 8.89. The number of benzene rings is 1. The fraction of sp³-hybridized carbons (Fsp3) is 0.600. The van der Waals surface area contributed by atoms with Gasteiger partial charge in [0.25, 0.3) is 0 Å². The van der Waals surface area contributed by atoms with Crippen molar-refractivity contribution in [3.05, 3.63) is 29.8 Å². The van der Waals surface area contributed by atoms with Crippen LogP contribution >= 0.6 is 0 Å². The van der Waals surface area contributed by atoms with E-state index in [0.717, 1.165) is 18.7 Å². The van der Waals surface area contributed by atoms with Crippen LogP contribution in [0.15, 0.2) is 24.3 Å². The highest BCUT2D eigenvalue weighted by Crippen LogP contribution is 2.36. The lowest BCUT2D eigenvalue weighted by molar-refractivity contribution is 0.00578. The molecule has 0 unspecified atom stereocenters. The summed E-state index contributed by atoms with van der Waals surface area (Å²) in [5.41, 5.74) is 1.85. The SMILES string of the molecule is CC1(C)OB(c2cccc(C3COC3)c2)OC1(C)C. The molecule has 0 atom stereocenters. The van der Waals surface area contributed by atoms with Crippen molar-refractivity contribution in [1.82, 2.24) is 0 Å². The van der Waals surface area contributed by atoms with E-state index in [4.69, 9.17) is 14.0 Å². The molecule has 19 heavy (non-hydrogen) atoms. The first-order valence-corrected chi connectivity index (χ1v) is 6.92. The van der Waals surface area contributed by atoms with E-state index in [2.05, 4.69) is 52.0 Å². The van der Waals surface area contributed by atoms with Gasteiger partial charge in [-0.15, -0.1) is 0 Å². The Morgan fingerprint density at radius 2 is 1.68 bits per heavy atom. The van der Waals surface area contributed by atoms with Crippen molar-refractivity contribution >= 4 is 12.6 Å². The van der Waals surface area contributed by atoms with Crippen molar-refractivity contribution < 1.29 is 14.0 Å². The molecule has 1 aromatic rings. The molecule has 2 heterocycles. The fourth-order valence-corrected chi connectivity index (χ4v) is 2.37. The quantitative estimate of drug-likeness (QED) is 0.762. The fourth-order valence-electron chi connectivity index (χ4n) is 2.37. The average molecular weight is 260 g/mol. The third-order valence-electron chi connectivity index (χ3n) is 4.55. The maximum absolute atomic E-state index is 6.08. The summed E-state index contributed by atoms with van der Waals surface area (Å²) in [7, 11) is -0.272. The zero-order valence-corrected chi connectivity index (χ0v) is 12.1. The minimum atomic E-state index is -0.284. The smallest absolute Gasteiger partial charge is 0.399 e. The van der Waals surface area contributed by atoms with Gasteiger partial charge < -0.3 is 14.0 Å².